The third-order valence-corrected chi connectivity index (χ3v) is 4.11. The molecule has 2 aromatic carbocycles. The molecule has 1 aromatic heterocycles. The Kier molecular flexibility index (Phi) is 5.44. The Morgan fingerprint density at radius 1 is 1.00 bits per heavy atom. The fraction of sp³-hybridized carbons (Fsp3) is 0.182. The molecular weight excluding hydrogens is 326 g/mol. The van der Waals surface area contributed by atoms with Crippen molar-refractivity contribution >= 4 is 5.78 Å². The number of ether oxygens (including phenoxy) is 1. The van der Waals surface area contributed by atoms with Crippen LogP contribution in [-0.2, 0) is 4.79 Å². The maximum atomic E-state index is 11.7. The van der Waals surface area contributed by atoms with Crippen molar-refractivity contribution in [3.05, 3.63) is 78.0 Å². The molecule has 0 unspecified atom stereocenters. The number of benzene rings is 2. The summed E-state index contributed by atoms with van der Waals surface area (Å²) in [6, 6.07) is 20.7. The summed E-state index contributed by atoms with van der Waals surface area (Å²) in [4.78, 5) is 16.1. The number of aromatic nitrogens is 1. The molecule has 1 atom stereocenters. The number of hydrogen-bond acceptors (Lipinski definition) is 4. The summed E-state index contributed by atoms with van der Waals surface area (Å²) in [5.74, 6) is 1.27. The van der Waals surface area contributed by atoms with E-state index in [4.69, 9.17) is 4.74 Å². The summed E-state index contributed by atoms with van der Waals surface area (Å²) in [7, 11) is 0. The second-order valence-corrected chi connectivity index (χ2v) is 6.11. The van der Waals surface area contributed by atoms with Gasteiger partial charge < -0.3 is 9.84 Å². The van der Waals surface area contributed by atoms with Gasteiger partial charge in [-0.2, -0.15) is 0 Å². The summed E-state index contributed by atoms with van der Waals surface area (Å²) in [5.41, 5.74) is 3.14. The number of carbonyl (C=O) groups excluding carboxylic acids is 1. The minimum absolute atomic E-state index is 0.239. The van der Waals surface area contributed by atoms with Crippen LogP contribution in [0.15, 0.2) is 66.7 Å². The predicted octanol–water partition coefficient (Wildman–Crippen LogP) is 4.86. The minimum Gasteiger partial charge on any atom is -0.457 e. The van der Waals surface area contributed by atoms with Gasteiger partial charge in [-0.05, 0) is 55.5 Å². The number of aliphatic hydroxyl groups is 1. The van der Waals surface area contributed by atoms with E-state index in [9.17, 15) is 9.90 Å². The van der Waals surface area contributed by atoms with Crippen LogP contribution in [0.2, 0.25) is 0 Å². The highest BCUT2D eigenvalue weighted by atomic mass is 16.5. The number of nitrogens with zero attached hydrogens (tertiary/aromatic N) is 1. The molecule has 0 spiro atoms. The lowest BCUT2D eigenvalue weighted by molar-refractivity contribution is -0.127. The molecule has 132 valence electrons. The third-order valence-electron chi connectivity index (χ3n) is 4.11. The standard InChI is InChI=1S/C22H21NO3/c1-3-21(24)22(25)20-6-4-5-19(23-20)16-9-13-18(14-10-16)26-17-11-7-15(2)8-12-17/h4-14,22,25H,3H2,1-2H3/t22-/m1/s1. The highest BCUT2D eigenvalue weighted by Crippen LogP contribution is 2.26. The van der Waals surface area contributed by atoms with Crippen LogP contribution in [0, 0.1) is 6.92 Å². The first kappa shape index (κ1) is 17.8. The number of hydrogen-bond donors (Lipinski definition) is 1. The number of rotatable bonds is 6. The highest BCUT2D eigenvalue weighted by Gasteiger charge is 2.17. The van der Waals surface area contributed by atoms with E-state index in [-0.39, 0.29) is 12.2 Å². The monoisotopic (exact) mass is 347 g/mol. The Morgan fingerprint density at radius 3 is 2.23 bits per heavy atom. The fourth-order valence-electron chi connectivity index (χ4n) is 2.56. The van der Waals surface area contributed by atoms with E-state index >= 15 is 0 Å². The molecule has 0 aliphatic rings. The molecule has 0 radical (unpaired) electrons. The summed E-state index contributed by atoms with van der Waals surface area (Å²) in [6.45, 7) is 3.76. The Balaban J connectivity index is 1.78. The molecule has 3 rings (SSSR count). The molecule has 3 aromatic rings. The minimum atomic E-state index is -1.18. The summed E-state index contributed by atoms with van der Waals surface area (Å²) in [6.07, 6.45) is -0.901. The lowest BCUT2D eigenvalue weighted by Crippen LogP contribution is -2.12. The van der Waals surface area contributed by atoms with Gasteiger partial charge in [0.05, 0.1) is 11.4 Å². The van der Waals surface area contributed by atoms with Gasteiger partial charge in [-0.3, -0.25) is 4.79 Å². The van der Waals surface area contributed by atoms with E-state index in [1.165, 1.54) is 5.56 Å². The molecule has 0 amide bonds. The van der Waals surface area contributed by atoms with E-state index in [0.29, 0.717) is 11.4 Å². The van der Waals surface area contributed by atoms with Gasteiger partial charge in [0.1, 0.15) is 11.5 Å². The lowest BCUT2D eigenvalue weighted by atomic mass is 10.1. The zero-order valence-electron chi connectivity index (χ0n) is 14.8. The van der Waals surface area contributed by atoms with Crippen molar-refractivity contribution in [2.45, 2.75) is 26.4 Å². The summed E-state index contributed by atoms with van der Waals surface area (Å²) < 4.78 is 5.83. The molecule has 1 N–H and O–H groups in total. The fourth-order valence-corrected chi connectivity index (χ4v) is 2.56. The van der Waals surface area contributed by atoms with Gasteiger partial charge in [0, 0.05) is 12.0 Å². The van der Waals surface area contributed by atoms with Crippen LogP contribution in [0.3, 0.4) is 0 Å². The number of aryl methyl sites for hydroxylation is 1. The summed E-state index contributed by atoms with van der Waals surface area (Å²) >= 11 is 0. The van der Waals surface area contributed by atoms with Crippen molar-refractivity contribution in [2.75, 3.05) is 0 Å². The number of aliphatic hydroxyl groups excluding tert-OH is 1. The van der Waals surface area contributed by atoms with Crippen LogP contribution in [0.5, 0.6) is 11.5 Å². The van der Waals surface area contributed by atoms with Crippen molar-refractivity contribution in [3.63, 3.8) is 0 Å². The van der Waals surface area contributed by atoms with Gasteiger partial charge in [0.2, 0.25) is 0 Å². The maximum absolute atomic E-state index is 11.7. The van der Waals surface area contributed by atoms with E-state index < -0.39 is 6.10 Å². The SMILES string of the molecule is CCC(=O)[C@H](O)c1cccc(-c2ccc(Oc3ccc(C)cc3)cc2)n1. The van der Waals surface area contributed by atoms with Crippen molar-refractivity contribution in [3.8, 4) is 22.8 Å². The zero-order valence-corrected chi connectivity index (χ0v) is 14.8. The molecule has 4 heteroatoms. The molecular formula is C22H21NO3. The van der Waals surface area contributed by atoms with Crippen LogP contribution >= 0.6 is 0 Å². The number of Topliss-reactive ketones (excluding diaryl/α,β-unsaturated/α-hetero) is 1. The van der Waals surface area contributed by atoms with Crippen molar-refractivity contribution in [2.24, 2.45) is 0 Å². The summed E-state index contributed by atoms with van der Waals surface area (Å²) in [5, 5.41) is 10.1. The molecule has 0 aliphatic carbocycles. The Labute approximate surface area is 153 Å². The van der Waals surface area contributed by atoms with Crippen LogP contribution in [0.1, 0.15) is 30.7 Å². The van der Waals surface area contributed by atoms with Crippen LogP contribution in [-0.4, -0.2) is 15.9 Å². The van der Waals surface area contributed by atoms with E-state index in [0.717, 1.165) is 17.1 Å². The zero-order chi connectivity index (χ0) is 18.5. The van der Waals surface area contributed by atoms with Gasteiger partial charge in [0.15, 0.2) is 11.9 Å². The van der Waals surface area contributed by atoms with Gasteiger partial charge in [-0.1, -0.05) is 30.7 Å². The third kappa shape index (κ3) is 4.16. The highest BCUT2D eigenvalue weighted by molar-refractivity contribution is 5.83. The van der Waals surface area contributed by atoms with Gasteiger partial charge in [-0.15, -0.1) is 0 Å². The normalized spacial score (nSPS) is 11.8. The molecule has 0 bridgehead atoms. The Morgan fingerprint density at radius 2 is 1.62 bits per heavy atom. The maximum Gasteiger partial charge on any atom is 0.167 e. The molecule has 26 heavy (non-hydrogen) atoms. The number of pyridine rings is 1. The van der Waals surface area contributed by atoms with Crippen LogP contribution in [0.25, 0.3) is 11.3 Å². The molecule has 1 heterocycles. The second-order valence-electron chi connectivity index (χ2n) is 6.11. The van der Waals surface area contributed by atoms with Crippen LogP contribution in [0.4, 0.5) is 0 Å². The smallest absolute Gasteiger partial charge is 0.167 e. The molecule has 0 fully saturated rings. The molecule has 0 saturated heterocycles. The van der Waals surface area contributed by atoms with E-state index in [1.807, 2.05) is 61.5 Å². The average molecular weight is 347 g/mol. The van der Waals surface area contributed by atoms with E-state index in [2.05, 4.69) is 4.98 Å². The van der Waals surface area contributed by atoms with E-state index in [1.54, 1.807) is 19.1 Å². The van der Waals surface area contributed by atoms with Crippen molar-refractivity contribution in [1.29, 1.82) is 0 Å². The average Bonchev–Trinajstić information content (AvgIpc) is 2.69. The van der Waals surface area contributed by atoms with Gasteiger partial charge in [0.25, 0.3) is 0 Å². The van der Waals surface area contributed by atoms with Gasteiger partial charge >= 0.3 is 0 Å². The first-order valence-corrected chi connectivity index (χ1v) is 8.59. The number of ketones is 1. The predicted molar refractivity (Wildman–Crippen MR) is 101 cm³/mol. The largest absolute Gasteiger partial charge is 0.457 e. The number of carbonyl (C=O) groups is 1. The van der Waals surface area contributed by atoms with Gasteiger partial charge in [-0.25, -0.2) is 4.98 Å². The Hall–Kier alpha value is -2.98. The Bertz CT molecular complexity index is 886. The topological polar surface area (TPSA) is 59.4 Å². The lowest BCUT2D eigenvalue weighted by Gasteiger charge is -2.10. The molecule has 0 saturated carbocycles. The quantitative estimate of drug-likeness (QED) is 0.692. The second kappa shape index (κ2) is 7.93. The molecule has 0 aliphatic heterocycles. The van der Waals surface area contributed by atoms with Crippen molar-refractivity contribution < 1.29 is 14.6 Å². The first-order chi connectivity index (χ1) is 12.6. The van der Waals surface area contributed by atoms with Crippen LogP contribution < -0.4 is 4.74 Å². The van der Waals surface area contributed by atoms with Crippen molar-refractivity contribution in [1.82, 2.24) is 4.98 Å². The molecule has 4 nitrogen and oxygen atoms in total. The first-order valence-electron chi connectivity index (χ1n) is 8.59.